The van der Waals surface area contributed by atoms with Gasteiger partial charge in [0, 0.05) is 6.54 Å². The minimum Gasteiger partial charge on any atom is -0.368 e. The highest BCUT2D eigenvalue weighted by atomic mass is 16.1. The van der Waals surface area contributed by atoms with Gasteiger partial charge in [0.25, 0.3) is 0 Å². The molecule has 2 atom stereocenters. The lowest BCUT2D eigenvalue weighted by Crippen LogP contribution is -2.55. The summed E-state index contributed by atoms with van der Waals surface area (Å²) in [5, 5.41) is 0. The Balaban J connectivity index is 1.76. The van der Waals surface area contributed by atoms with Crippen LogP contribution in [0.25, 0.3) is 0 Å². The SMILES string of the molecule is CN(CCC1CCCC1(N)C(N)=O)CC1CCC1. The van der Waals surface area contributed by atoms with Crippen LogP contribution in [0.4, 0.5) is 0 Å². The van der Waals surface area contributed by atoms with Gasteiger partial charge in [-0.3, -0.25) is 4.79 Å². The zero-order valence-corrected chi connectivity index (χ0v) is 11.5. The summed E-state index contributed by atoms with van der Waals surface area (Å²) in [7, 11) is 2.18. The van der Waals surface area contributed by atoms with Gasteiger partial charge in [-0.1, -0.05) is 12.8 Å². The van der Waals surface area contributed by atoms with Gasteiger partial charge < -0.3 is 16.4 Å². The van der Waals surface area contributed by atoms with Gasteiger partial charge in [0.2, 0.25) is 5.91 Å². The predicted octanol–water partition coefficient (Wildman–Crippen LogP) is 1.09. The Labute approximate surface area is 110 Å². The lowest BCUT2D eigenvalue weighted by molar-refractivity contribution is -0.124. The van der Waals surface area contributed by atoms with Gasteiger partial charge in [0.1, 0.15) is 0 Å². The first-order valence-electron chi connectivity index (χ1n) is 7.29. The van der Waals surface area contributed by atoms with Crippen LogP contribution in [0.1, 0.15) is 44.9 Å². The van der Waals surface area contributed by atoms with Crippen LogP contribution in [0.2, 0.25) is 0 Å². The van der Waals surface area contributed by atoms with E-state index in [0.29, 0.717) is 0 Å². The van der Waals surface area contributed by atoms with Crippen molar-refractivity contribution in [1.29, 1.82) is 0 Å². The molecule has 2 aliphatic carbocycles. The number of hydrogen-bond donors (Lipinski definition) is 2. The van der Waals surface area contributed by atoms with E-state index >= 15 is 0 Å². The third-order valence-electron chi connectivity index (χ3n) is 4.98. The smallest absolute Gasteiger partial charge is 0.237 e. The molecule has 0 aromatic rings. The summed E-state index contributed by atoms with van der Waals surface area (Å²) in [5.74, 6) is 0.864. The molecule has 2 rings (SSSR count). The van der Waals surface area contributed by atoms with Crippen LogP contribution in [-0.4, -0.2) is 36.5 Å². The monoisotopic (exact) mass is 253 g/mol. The number of carbonyl (C=O) groups is 1. The first-order valence-corrected chi connectivity index (χ1v) is 7.29. The van der Waals surface area contributed by atoms with Crippen molar-refractivity contribution in [2.45, 2.75) is 50.5 Å². The minimum absolute atomic E-state index is 0.277. The van der Waals surface area contributed by atoms with Gasteiger partial charge in [-0.05, 0) is 57.5 Å². The van der Waals surface area contributed by atoms with Crippen LogP contribution in [0.5, 0.6) is 0 Å². The Morgan fingerprint density at radius 3 is 2.61 bits per heavy atom. The lowest BCUT2D eigenvalue weighted by Gasteiger charge is -2.32. The third-order valence-corrected chi connectivity index (χ3v) is 4.98. The number of nitrogens with zero attached hydrogens (tertiary/aromatic N) is 1. The highest BCUT2D eigenvalue weighted by Gasteiger charge is 2.43. The molecule has 0 saturated heterocycles. The van der Waals surface area contributed by atoms with Crippen LogP contribution >= 0.6 is 0 Å². The molecule has 4 heteroatoms. The van der Waals surface area contributed by atoms with Crippen LogP contribution in [0.15, 0.2) is 0 Å². The van der Waals surface area contributed by atoms with Crippen molar-refractivity contribution in [2.24, 2.45) is 23.3 Å². The van der Waals surface area contributed by atoms with E-state index < -0.39 is 5.54 Å². The maximum Gasteiger partial charge on any atom is 0.237 e. The summed E-state index contributed by atoms with van der Waals surface area (Å²) in [6.45, 7) is 2.23. The fourth-order valence-corrected chi connectivity index (χ4v) is 3.41. The average molecular weight is 253 g/mol. The number of carbonyl (C=O) groups excluding carboxylic acids is 1. The van der Waals surface area contributed by atoms with Gasteiger partial charge in [-0.2, -0.15) is 0 Å². The standard InChI is InChI=1S/C14H27N3O/c1-17(10-11-4-2-5-11)9-7-12-6-3-8-14(12,16)13(15)18/h11-12H,2-10,16H2,1H3,(H2,15,18). The molecule has 104 valence electrons. The molecule has 2 fully saturated rings. The molecular weight excluding hydrogens is 226 g/mol. The van der Waals surface area contributed by atoms with E-state index in [1.54, 1.807) is 0 Å². The Morgan fingerprint density at radius 2 is 2.06 bits per heavy atom. The van der Waals surface area contributed by atoms with Crippen LogP contribution in [0.3, 0.4) is 0 Å². The van der Waals surface area contributed by atoms with Gasteiger partial charge >= 0.3 is 0 Å². The van der Waals surface area contributed by atoms with Crippen molar-refractivity contribution in [3.8, 4) is 0 Å². The normalized spacial score (nSPS) is 32.7. The van der Waals surface area contributed by atoms with Crippen LogP contribution in [-0.2, 0) is 4.79 Å². The summed E-state index contributed by atoms with van der Waals surface area (Å²) >= 11 is 0. The second kappa shape index (κ2) is 5.57. The molecule has 0 heterocycles. The van der Waals surface area contributed by atoms with E-state index in [9.17, 15) is 4.79 Å². The number of amides is 1. The van der Waals surface area contributed by atoms with E-state index in [1.165, 1.54) is 25.8 Å². The van der Waals surface area contributed by atoms with Crippen LogP contribution in [0, 0.1) is 11.8 Å². The summed E-state index contributed by atoms with van der Waals surface area (Å²) in [4.78, 5) is 13.9. The Hall–Kier alpha value is -0.610. The number of hydrogen-bond acceptors (Lipinski definition) is 3. The highest BCUT2D eigenvalue weighted by Crippen LogP contribution is 2.36. The number of nitrogens with two attached hydrogens (primary N) is 2. The largest absolute Gasteiger partial charge is 0.368 e. The molecule has 0 aromatic carbocycles. The third kappa shape index (κ3) is 2.86. The molecule has 0 aliphatic heterocycles. The van der Waals surface area contributed by atoms with E-state index in [2.05, 4.69) is 11.9 Å². The molecular formula is C14H27N3O. The molecule has 0 aromatic heterocycles. The van der Waals surface area contributed by atoms with Crippen molar-refractivity contribution in [3.63, 3.8) is 0 Å². The Bertz CT molecular complexity index is 303. The first-order chi connectivity index (χ1) is 8.52. The molecule has 2 unspecified atom stereocenters. The zero-order chi connectivity index (χ0) is 13.2. The van der Waals surface area contributed by atoms with Crippen molar-refractivity contribution < 1.29 is 4.79 Å². The molecule has 2 aliphatic rings. The average Bonchev–Trinajstić information content (AvgIpc) is 2.64. The Morgan fingerprint density at radius 1 is 1.33 bits per heavy atom. The van der Waals surface area contributed by atoms with Gasteiger partial charge in [-0.25, -0.2) is 0 Å². The van der Waals surface area contributed by atoms with Crippen molar-refractivity contribution in [2.75, 3.05) is 20.1 Å². The quantitative estimate of drug-likeness (QED) is 0.744. The van der Waals surface area contributed by atoms with Gasteiger partial charge in [-0.15, -0.1) is 0 Å². The summed E-state index contributed by atoms with van der Waals surface area (Å²) in [6, 6.07) is 0. The molecule has 2 saturated carbocycles. The number of rotatable bonds is 6. The number of primary amides is 1. The summed E-state index contributed by atoms with van der Waals surface area (Å²) in [5.41, 5.74) is 10.9. The van der Waals surface area contributed by atoms with Crippen molar-refractivity contribution in [1.82, 2.24) is 4.90 Å². The molecule has 0 bridgehead atoms. The van der Waals surface area contributed by atoms with Crippen molar-refractivity contribution in [3.05, 3.63) is 0 Å². The van der Waals surface area contributed by atoms with Gasteiger partial charge in [0.05, 0.1) is 5.54 Å². The van der Waals surface area contributed by atoms with E-state index in [4.69, 9.17) is 11.5 Å². The van der Waals surface area contributed by atoms with Crippen molar-refractivity contribution >= 4 is 5.91 Å². The molecule has 0 spiro atoms. The maximum atomic E-state index is 11.5. The molecule has 4 nitrogen and oxygen atoms in total. The van der Waals surface area contributed by atoms with Crippen LogP contribution < -0.4 is 11.5 Å². The molecule has 18 heavy (non-hydrogen) atoms. The molecule has 1 amide bonds. The predicted molar refractivity (Wildman–Crippen MR) is 72.9 cm³/mol. The minimum atomic E-state index is -0.739. The van der Waals surface area contributed by atoms with E-state index in [-0.39, 0.29) is 11.8 Å². The topological polar surface area (TPSA) is 72.3 Å². The Kier molecular flexibility index (Phi) is 4.28. The maximum absolute atomic E-state index is 11.5. The fraction of sp³-hybridized carbons (Fsp3) is 0.929. The fourth-order valence-electron chi connectivity index (χ4n) is 3.41. The molecule has 4 N–H and O–H groups in total. The first kappa shape index (κ1) is 13.8. The second-order valence-corrected chi connectivity index (χ2v) is 6.34. The zero-order valence-electron chi connectivity index (χ0n) is 11.5. The van der Waals surface area contributed by atoms with E-state index in [0.717, 1.165) is 38.1 Å². The molecule has 0 radical (unpaired) electrons. The summed E-state index contributed by atoms with van der Waals surface area (Å²) < 4.78 is 0. The second-order valence-electron chi connectivity index (χ2n) is 6.34. The summed E-state index contributed by atoms with van der Waals surface area (Å²) in [6.07, 6.45) is 8.02. The van der Waals surface area contributed by atoms with Gasteiger partial charge in [0.15, 0.2) is 0 Å². The highest BCUT2D eigenvalue weighted by molar-refractivity contribution is 5.85. The lowest BCUT2D eigenvalue weighted by atomic mass is 9.84. The van der Waals surface area contributed by atoms with E-state index in [1.807, 2.05) is 0 Å².